The molecule has 9 aromatic rings. The van der Waals surface area contributed by atoms with Crippen molar-refractivity contribution in [3.8, 4) is 44.5 Å². The zero-order valence-corrected chi connectivity index (χ0v) is 35.7. The number of para-hydroxylation sites is 2. The average molecular weight is 797 g/mol. The van der Waals surface area contributed by atoms with Gasteiger partial charge in [0.2, 0.25) is 0 Å². The van der Waals surface area contributed by atoms with Gasteiger partial charge in [0.1, 0.15) is 0 Å². The lowest BCUT2D eigenvalue weighted by Crippen LogP contribution is -2.16. The molecule has 2 heteroatoms. The molecule has 0 saturated carbocycles. The molecule has 0 spiro atoms. The number of rotatable bonds is 8. The number of benzene rings is 9. The summed E-state index contributed by atoms with van der Waals surface area (Å²) in [6.45, 7) is 9.41. The first-order chi connectivity index (χ1) is 30.3. The molecule has 11 rings (SSSR count). The van der Waals surface area contributed by atoms with Gasteiger partial charge < -0.3 is 9.80 Å². The lowest BCUT2D eigenvalue weighted by molar-refractivity contribution is 0.660. The molecule has 2 aliphatic carbocycles. The molecule has 0 unspecified atom stereocenters. The quantitative estimate of drug-likeness (QED) is 0.151. The molecule has 0 radical (unpaired) electrons. The van der Waals surface area contributed by atoms with Gasteiger partial charge in [0, 0.05) is 44.6 Å². The van der Waals surface area contributed by atoms with E-state index in [1.807, 2.05) is 0 Å². The highest BCUT2D eigenvalue weighted by Gasteiger charge is 2.39. The highest BCUT2D eigenvalue weighted by molar-refractivity contribution is 5.99. The molecule has 0 aromatic heterocycles. The Bertz CT molecular complexity index is 3110. The Morgan fingerprint density at radius 1 is 0.274 bits per heavy atom. The predicted molar refractivity (Wildman–Crippen MR) is 262 cm³/mol. The van der Waals surface area contributed by atoms with Crippen molar-refractivity contribution in [1.29, 1.82) is 0 Å². The van der Waals surface area contributed by atoms with Crippen LogP contribution in [0.15, 0.2) is 218 Å². The van der Waals surface area contributed by atoms with Crippen molar-refractivity contribution < 1.29 is 0 Å². The van der Waals surface area contributed by atoms with Gasteiger partial charge in [-0.25, -0.2) is 0 Å². The van der Waals surface area contributed by atoms with E-state index in [1.54, 1.807) is 0 Å². The van der Waals surface area contributed by atoms with E-state index in [1.165, 1.54) is 72.6 Å². The fourth-order valence-electron chi connectivity index (χ4n) is 10.4. The van der Waals surface area contributed by atoms with Gasteiger partial charge in [-0.1, -0.05) is 185 Å². The summed E-state index contributed by atoms with van der Waals surface area (Å²) in [5, 5.41) is 0. The lowest BCUT2D eigenvalue weighted by Gasteiger charge is -2.31. The molecular formula is C60H48N2. The van der Waals surface area contributed by atoms with Gasteiger partial charge in [-0.3, -0.25) is 0 Å². The van der Waals surface area contributed by atoms with E-state index in [2.05, 4.69) is 256 Å². The van der Waals surface area contributed by atoms with E-state index < -0.39 is 0 Å². The molecule has 0 aliphatic heterocycles. The van der Waals surface area contributed by atoms with Crippen molar-refractivity contribution in [3.63, 3.8) is 0 Å². The third-order valence-electron chi connectivity index (χ3n) is 13.5. The van der Waals surface area contributed by atoms with Crippen LogP contribution in [-0.4, -0.2) is 0 Å². The Balaban J connectivity index is 1.05. The van der Waals surface area contributed by atoms with E-state index in [0.717, 1.165) is 28.3 Å². The second kappa shape index (κ2) is 14.6. The first-order valence-corrected chi connectivity index (χ1v) is 21.8. The molecule has 2 aliphatic rings. The first kappa shape index (κ1) is 37.6. The first-order valence-electron chi connectivity index (χ1n) is 21.8. The normalized spacial score (nSPS) is 13.7. The maximum atomic E-state index is 2.47. The van der Waals surface area contributed by atoms with Crippen molar-refractivity contribution in [1.82, 2.24) is 0 Å². The Kier molecular flexibility index (Phi) is 8.87. The number of anilines is 6. The van der Waals surface area contributed by atoms with Crippen LogP contribution in [0.4, 0.5) is 34.1 Å². The van der Waals surface area contributed by atoms with Gasteiger partial charge in [-0.05, 0) is 111 Å². The van der Waals surface area contributed by atoms with Gasteiger partial charge >= 0.3 is 0 Å². The highest BCUT2D eigenvalue weighted by Crippen LogP contribution is 2.56. The highest BCUT2D eigenvalue weighted by atomic mass is 15.2. The minimum atomic E-state index is -0.111. The molecule has 62 heavy (non-hydrogen) atoms. The summed E-state index contributed by atoms with van der Waals surface area (Å²) in [5.74, 6) is 0. The fourth-order valence-corrected chi connectivity index (χ4v) is 10.4. The van der Waals surface area contributed by atoms with Crippen LogP contribution in [0.5, 0.6) is 0 Å². The Hall–Kier alpha value is -7.42. The second-order valence-corrected chi connectivity index (χ2v) is 17.7. The minimum Gasteiger partial charge on any atom is -0.310 e. The van der Waals surface area contributed by atoms with E-state index in [0.29, 0.717) is 0 Å². The van der Waals surface area contributed by atoms with E-state index >= 15 is 0 Å². The maximum absolute atomic E-state index is 2.47. The monoisotopic (exact) mass is 796 g/mol. The molecule has 2 nitrogen and oxygen atoms in total. The van der Waals surface area contributed by atoms with Crippen molar-refractivity contribution in [3.05, 3.63) is 241 Å². The van der Waals surface area contributed by atoms with Gasteiger partial charge in [0.25, 0.3) is 0 Å². The van der Waals surface area contributed by atoms with Crippen LogP contribution in [0.2, 0.25) is 0 Å². The van der Waals surface area contributed by atoms with Crippen LogP contribution in [-0.2, 0) is 10.8 Å². The third kappa shape index (κ3) is 5.93. The van der Waals surface area contributed by atoms with Crippen LogP contribution in [0.3, 0.4) is 0 Å². The summed E-state index contributed by atoms with van der Waals surface area (Å²) >= 11 is 0. The summed E-state index contributed by atoms with van der Waals surface area (Å²) in [6.07, 6.45) is 0. The summed E-state index contributed by atoms with van der Waals surface area (Å²) in [5.41, 5.74) is 22.0. The average Bonchev–Trinajstić information content (AvgIpc) is 3.71. The predicted octanol–water partition coefficient (Wildman–Crippen LogP) is 16.6. The number of fused-ring (bicyclic) bond motifs is 6. The molecule has 298 valence electrons. The molecular weight excluding hydrogens is 749 g/mol. The molecule has 9 aromatic carbocycles. The van der Waals surface area contributed by atoms with Crippen molar-refractivity contribution >= 4 is 34.1 Å². The number of hydrogen-bond donors (Lipinski definition) is 0. The van der Waals surface area contributed by atoms with Crippen LogP contribution >= 0.6 is 0 Å². The Morgan fingerprint density at radius 3 is 1.24 bits per heavy atom. The second-order valence-electron chi connectivity index (χ2n) is 17.7. The van der Waals surface area contributed by atoms with Gasteiger partial charge in [-0.2, -0.15) is 0 Å². The molecule has 0 bridgehead atoms. The molecule has 0 N–H and O–H groups in total. The largest absolute Gasteiger partial charge is 0.310 e. The Morgan fingerprint density at radius 2 is 0.694 bits per heavy atom. The van der Waals surface area contributed by atoms with Crippen LogP contribution in [0, 0.1) is 0 Å². The SMILES string of the molecule is CC1(C)c2ccccc2-c2c(N(c3ccccc3)c3ccc(-c4ccc(N(c5ccccc5)c5cccc6c5-c5ccccc5C6(C)C)c(-c5ccccc5)c4)cc3)cccc21. The van der Waals surface area contributed by atoms with Crippen LogP contribution < -0.4 is 9.80 Å². The Labute approximate surface area is 366 Å². The van der Waals surface area contributed by atoms with Gasteiger partial charge in [-0.15, -0.1) is 0 Å². The summed E-state index contributed by atoms with van der Waals surface area (Å²) < 4.78 is 0. The van der Waals surface area contributed by atoms with Crippen molar-refractivity contribution in [2.24, 2.45) is 0 Å². The zero-order chi connectivity index (χ0) is 42.0. The maximum Gasteiger partial charge on any atom is 0.0543 e. The molecule has 0 atom stereocenters. The van der Waals surface area contributed by atoms with E-state index in [4.69, 9.17) is 0 Å². The topological polar surface area (TPSA) is 6.48 Å². The minimum absolute atomic E-state index is 0.0888. The van der Waals surface area contributed by atoms with Crippen LogP contribution in [0.25, 0.3) is 44.5 Å². The van der Waals surface area contributed by atoms with E-state index in [9.17, 15) is 0 Å². The lowest BCUT2D eigenvalue weighted by atomic mass is 9.82. The molecule has 0 saturated heterocycles. The fraction of sp³-hybridized carbons (Fsp3) is 0.100. The molecule has 0 fully saturated rings. The summed E-state index contributed by atoms with van der Waals surface area (Å²) in [7, 11) is 0. The summed E-state index contributed by atoms with van der Waals surface area (Å²) in [6, 6.07) is 80.2. The van der Waals surface area contributed by atoms with Crippen molar-refractivity contribution in [2.75, 3.05) is 9.80 Å². The zero-order valence-electron chi connectivity index (χ0n) is 35.7. The van der Waals surface area contributed by atoms with Gasteiger partial charge in [0.15, 0.2) is 0 Å². The third-order valence-corrected chi connectivity index (χ3v) is 13.5. The van der Waals surface area contributed by atoms with Crippen molar-refractivity contribution in [2.45, 2.75) is 38.5 Å². The van der Waals surface area contributed by atoms with Gasteiger partial charge in [0.05, 0.1) is 17.1 Å². The number of hydrogen-bond acceptors (Lipinski definition) is 2. The molecule has 0 heterocycles. The smallest absolute Gasteiger partial charge is 0.0543 e. The van der Waals surface area contributed by atoms with Crippen LogP contribution in [0.1, 0.15) is 49.9 Å². The standard InChI is InChI=1S/C60H48N2/c1-59(2)50-28-16-14-26-47(50)57-52(59)30-18-32-55(57)61(44-22-10-6-11-23-44)46-37-34-41(35-38-46)43-36-39-54(49(40-43)42-20-8-5-9-21-42)62(45-24-12-7-13-25-45)56-33-19-31-53-58(56)48-27-15-17-29-51(48)60(53,3)4/h5-40H,1-4H3. The summed E-state index contributed by atoms with van der Waals surface area (Å²) in [4.78, 5) is 4.90. The van der Waals surface area contributed by atoms with E-state index in [-0.39, 0.29) is 10.8 Å². The number of nitrogens with zero attached hydrogens (tertiary/aromatic N) is 2. The molecule has 0 amide bonds.